The third-order valence-corrected chi connectivity index (χ3v) is 5.90. The van der Waals surface area contributed by atoms with Gasteiger partial charge in [0, 0.05) is 32.0 Å². The SMILES string of the molecule is CCCCCC(=O)NCCCN1CCC[C@H]1CC(=O)[C@H]1C(=O)C=CC[C@@H]1C. The molecule has 0 aromatic rings. The van der Waals surface area contributed by atoms with E-state index in [0.717, 1.165) is 58.0 Å². The van der Waals surface area contributed by atoms with Gasteiger partial charge < -0.3 is 5.32 Å². The Morgan fingerprint density at radius 1 is 1.26 bits per heavy atom. The molecule has 1 aliphatic heterocycles. The van der Waals surface area contributed by atoms with E-state index in [2.05, 4.69) is 17.1 Å². The van der Waals surface area contributed by atoms with E-state index >= 15 is 0 Å². The number of Topliss-reactive ketones (excluding diaryl/α,β-unsaturated/α-hetero) is 1. The molecule has 27 heavy (non-hydrogen) atoms. The van der Waals surface area contributed by atoms with E-state index in [4.69, 9.17) is 0 Å². The summed E-state index contributed by atoms with van der Waals surface area (Å²) in [4.78, 5) is 39.0. The number of allylic oxidation sites excluding steroid dienone is 2. The van der Waals surface area contributed by atoms with Crippen molar-refractivity contribution in [3.05, 3.63) is 12.2 Å². The average molecular weight is 377 g/mol. The predicted octanol–water partition coefficient (Wildman–Crippen LogP) is 3.28. The Balaban J connectivity index is 1.70. The van der Waals surface area contributed by atoms with Gasteiger partial charge in [-0.05, 0) is 50.6 Å². The average Bonchev–Trinajstić information content (AvgIpc) is 3.06. The molecule has 5 heteroatoms. The fourth-order valence-electron chi connectivity index (χ4n) is 4.31. The van der Waals surface area contributed by atoms with E-state index in [0.29, 0.717) is 19.4 Å². The van der Waals surface area contributed by atoms with Crippen molar-refractivity contribution in [2.24, 2.45) is 11.8 Å². The van der Waals surface area contributed by atoms with Gasteiger partial charge >= 0.3 is 0 Å². The van der Waals surface area contributed by atoms with Crippen LogP contribution < -0.4 is 5.32 Å². The number of rotatable bonds is 11. The Kier molecular flexibility index (Phi) is 9.19. The van der Waals surface area contributed by atoms with Crippen molar-refractivity contribution in [1.29, 1.82) is 0 Å². The lowest BCUT2D eigenvalue weighted by Crippen LogP contribution is -2.38. The number of likely N-dealkylation sites (tertiary alicyclic amines) is 1. The maximum absolute atomic E-state index is 12.7. The second kappa shape index (κ2) is 11.4. The summed E-state index contributed by atoms with van der Waals surface area (Å²) in [6.45, 7) is 6.75. The molecule has 1 fully saturated rings. The standard InChI is InChI=1S/C22H36N2O3/c1-3-4-5-12-21(27)23-13-8-15-24-14-7-10-18(24)16-20(26)22-17(2)9-6-11-19(22)25/h6,11,17-18,22H,3-5,7-10,12-16H2,1-2H3,(H,23,27)/t17-,18-,22+/m0/s1. The molecule has 1 aliphatic carbocycles. The highest BCUT2D eigenvalue weighted by Crippen LogP contribution is 2.28. The van der Waals surface area contributed by atoms with Crippen LogP contribution in [0.4, 0.5) is 0 Å². The lowest BCUT2D eigenvalue weighted by molar-refractivity contribution is -0.133. The molecule has 1 saturated heterocycles. The fraction of sp³-hybridized carbons (Fsp3) is 0.773. The second-order valence-corrected chi connectivity index (χ2v) is 8.16. The van der Waals surface area contributed by atoms with Crippen molar-refractivity contribution >= 4 is 17.5 Å². The van der Waals surface area contributed by atoms with Crippen LogP contribution in [0.25, 0.3) is 0 Å². The summed E-state index contributed by atoms with van der Waals surface area (Å²) in [5.74, 6) is -0.0888. The highest BCUT2D eigenvalue weighted by atomic mass is 16.2. The highest BCUT2D eigenvalue weighted by Gasteiger charge is 2.35. The fourth-order valence-corrected chi connectivity index (χ4v) is 4.31. The first-order valence-electron chi connectivity index (χ1n) is 10.8. The maximum atomic E-state index is 12.7. The summed E-state index contributed by atoms with van der Waals surface area (Å²) in [5, 5.41) is 3.00. The number of unbranched alkanes of at least 4 members (excludes halogenated alkanes) is 2. The van der Waals surface area contributed by atoms with Crippen molar-refractivity contribution in [2.75, 3.05) is 19.6 Å². The molecule has 0 bridgehead atoms. The van der Waals surface area contributed by atoms with Crippen LogP contribution in [0.3, 0.4) is 0 Å². The van der Waals surface area contributed by atoms with Gasteiger partial charge in [-0.25, -0.2) is 0 Å². The van der Waals surface area contributed by atoms with E-state index in [1.165, 1.54) is 0 Å². The number of nitrogens with zero attached hydrogens (tertiary/aromatic N) is 1. The number of carbonyl (C=O) groups excluding carboxylic acids is 3. The van der Waals surface area contributed by atoms with Gasteiger partial charge in [0.25, 0.3) is 0 Å². The van der Waals surface area contributed by atoms with Gasteiger partial charge in [-0.1, -0.05) is 32.8 Å². The predicted molar refractivity (Wildman–Crippen MR) is 107 cm³/mol. The molecule has 2 rings (SSSR count). The molecule has 0 spiro atoms. The molecule has 2 aliphatic rings. The van der Waals surface area contributed by atoms with Crippen LogP contribution in [0.15, 0.2) is 12.2 Å². The van der Waals surface area contributed by atoms with Crippen molar-refractivity contribution in [2.45, 2.75) is 77.7 Å². The number of amides is 1. The molecule has 0 unspecified atom stereocenters. The monoisotopic (exact) mass is 376 g/mol. The van der Waals surface area contributed by atoms with Crippen molar-refractivity contribution in [3.8, 4) is 0 Å². The minimum absolute atomic E-state index is 0.0194. The summed E-state index contributed by atoms with van der Waals surface area (Å²) in [7, 11) is 0. The Bertz CT molecular complexity index is 544. The highest BCUT2D eigenvalue weighted by molar-refractivity contribution is 6.08. The lowest BCUT2D eigenvalue weighted by Gasteiger charge is -2.27. The largest absolute Gasteiger partial charge is 0.356 e. The molecule has 152 valence electrons. The van der Waals surface area contributed by atoms with E-state index in [-0.39, 0.29) is 29.4 Å². The molecule has 0 saturated carbocycles. The first-order valence-corrected chi connectivity index (χ1v) is 10.8. The Hall–Kier alpha value is -1.49. The third-order valence-electron chi connectivity index (χ3n) is 5.90. The van der Waals surface area contributed by atoms with Crippen LogP contribution in [0.1, 0.15) is 71.6 Å². The van der Waals surface area contributed by atoms with Crippen LogP contribution in [0.5, 0.6) is 0 Å². The molecule has 1 heterocycles. The van der Waals surface area contributed by atoms with Crippen LogP contribution in [-0.2, 0) is 14.4 Å². The zero-order valence-electron chi connectivity index (χ0n) is 17.0. The Labute approximate surface area is 163 Å². The van der Waals surface area contributed by atoms with Crippen LogP contribution in [0, 0.1) is 11.8 Å². The van der Waals surface area contributed by atoms with Gasteiger partial charge in [0.15, 0.2) is 5.78 Å². The first-order chi connectivity index (χ1) is 13.0. The van der Waals surface area contributed by atoms with Crippen LogP contribution in [-0.4, -0.2) is 48.0 Å². The number of hydrogen-bond acceptors (Lipinski definition) is 4. The minimum atomic E-state index is -0.445. The lowest BCUT2D eigenvalue weighted by atomic mass is 9.79. The molecule has 0 aromatic carbocycles. The van der Waals surface area contributed by atoms with Crippen LogP contribution in [0.2, 0.25) is 0 Å². The van der Waals surface area contributed by atoms with E-state index in [9.17, 15) is 14.4 Å². The topological polar surface area (TPSA) is 66.5 Å². The number of carbonyl (C=O) groups is 3. The molecular formula is C22H36N2O3. The molecule has 3 atom stereocenters. The third kappa shape index (κ3) is 6.87. The molecule has 5 nitrogen and oxygen atoms in total. The smallest absolute Gasteiger partial charge is 0.219 e. The van der Waals surface area contributed by atoms with Crippen molar-refractivity contribution < 1.29 is 14.4 Å². The van der Waals surface area contributed by atoms with E-state index in [1.54, 1.807) is 6.08 Å². The van der Waals surface area contributed by atoms with Crippen molar-refractivity contribution in [3.63, 3.8) is 0 Å². The molecule has 0 aromatic heterocycles. The maximum Gasteiger partial charge on any atom is 0.219 e. The van der Waals surface area contributed by atoms with Gasteiger partial charge in [-0.15, -0.1) is 0 Å². The summed E-state index contributed by atoms with van der Waals surface area (Å²) >= 11 is 0. The summed E-state index contributed by atoms with van der Waals surface area (Å²) in [6.07, 6.45) is 11.6. The van der Waals surface area contributed by atoms with Crippen molar-refractivity contribution in [1.82, 2.24) is 10.2 Å². The molecular weight excluding hydrogens is 340 g/mol. The zero-order valence-corrected chi connectivity index (χ0v) is 17.0. The zero-order chi connectivity index (χ0) is 19.6. The van der Waals surface area contributed by atoms with Gasteiger partial charge in [0.05, 0.1) is 5.92 Å². The van der Waals surface area contributed by atoms with Gasteiger partial charge in [0.1, 0.15) is 5.78 Å². The summed E-state index contributed by atoms with van der Waals surface area (Å²) < 4.78 is 0. The second-order valence-electron chi connectivity index (χ2n) is 8.16. The van der Waals surface area contributed by atoms with Gasteiger partial charge in [-0.3, -0.25) is 19.3 Å². The summed E-state index contributed by atoms with van der Waals surface area (Å²) in [5.41, 5.74) is 0. The molecule has 0 radical (unpaired) electrons. The van der Waals surface area contributed by atoms with Gasteiger partial charge in [-0.2, -0.15) is 0 Å². The van der Waals surface area contributed by atoms with Crippen LogP contribution >= 0.6 is 0 Å². The number of ketones is 2. The normalized spacial score (nSPS) is 25.7. The first kappa shape index (κ1) is 21.8. The molecule has 1 amide bonds. The summed E-state index contributed by atoms with van der Waals surface area (Å²) in [6, 6.07) is 0.253. The molecule has 1 N–H and O–H groups in total. The number of hydrogen-bond donors (Lipinski definition) is 1. The number of nitrogens with one attached hydrogen (secondary N) is 1. The minimum Gasteiger partial charge on any atom is -0.356 e. The van der Waals surface area contributed by atoms with E-state index in [1.807, 2.05) is 13.0 Å². The van der Waals surface area contributed by atoms with Gasteiger partial charge in [0.2, 0.25) is 5.91 Å². The Morgan fingerprint density at radius 2 is 2.07 bits per heavy atom. The Morgan fingerprint density at radius 3 is 2.81 bits per heavy atom. The van der Waals surface area contributed by atoms with E-state index < -0.39 is 5.92 Å². The quantitative estimate of drug-likeness (QED) is 0.444.